The Kier molecular flexibility index (Phi) is 7.88. The number of fused-ring (bicyclic) bond motifs is 1. The number of nitrogens with zero attached hydrogens (tertiary/aromatic N) is 2. The fourth-order valence-corrected chi connectivity index (χ4v) is 3.76. The summed E-state index contributed by atoms with van der Waals surface area (Å²) in [5, 5.41) is 3.36. The number of carbonyl (C=O) groups excluding carboxylic acids is 2. The first-order valence-corrected chi connectivity index (χ1v) is 11.3. The van der Waals surface area contributed by atoms with Gasteiger partial charge in [0.1, 0.15) is 0 Å². The van der Waals surface area contributed by atoms with Gasteiger partial charge in [0.2, 0.25) is 0 Å². The van der Waals surface area contributed by atoms with E-state index >= 15 is 0 Å². The van der Waals surface area contributed by atoms with Crippen LogP contribution in [0.4, 0.5) is 0 Å². The highest BCUT2D eigenvalue weighted by Gasteiger charge is 2.24. The topological polar surface area (TPSA) is 123 Å². The molecule has 1 atom stereocenters. The summed E-state index contributed by atoms with van der Waals surface area (Å²) in [6, 6.07) is 7.53. The molecule has 0 radical (unpaired) electrons. The van der Waals surface area contributed by atoms with E-state index in [2.05, 4.69) is 15.3 Å². The van der Waals surface area contributed by atoms with E-state index in [1.54, 1.807) is 30.3 Å². The number of hydrogen-bond donors (Lipinski definition) is 2. The monoisotopic (exact) mass is 486 g/mol. The van der Waals surface area contributed by atoms with Gasteiger partial charge < -0.3 is 10.1 Å². The van der Waals surface area contributed by atoms with Gasteiger partial charge >= 0.3 is 11.7 Å². The minimum Gasteiger partial charge on any atom is -0.469 e. The van der Waals surface area contributed by atoms with Gasteiger partial charge in [-0.3, -0.25) is 23.9 Å². The molecule has 9 nitrogen and oxygen atoms in total. The Bertz CT molecular complexity index is 1330. The lowest BCUT2D eigenvalue weighted by molar-refractivity contribution is -0.141. The average Bonchev–Trinajstić information content (AvgIpc) is 2.80. The first-order valence-electron chi connectivity index (χ1n) is 11.0. The molecule has 2 aromatic heterocycles. The lowest BCUT2D eigenvalue weighted by Gasteiger charge is -2.20. The van der Waals surface area contributed by atoms with Gasteiger partial charge in [-0.1, -0.05) is 44.5 Å². The number of aromatic nitrogens is 3. The second-order valence-corrected chi connectivity index (χ2v) is 8.65. The predicted octanol–water partition coefficient (Wildman–Crippen LogP) is 3.31. The number of halogens is 1. The van der Waals surface area contributed by atoms with E-state index in [-0.39, 0.29) is 28.9 Å². The number of amides is 1. The number of aryl methyl sites for hydroxylation is 1. The van der Waals surface area contributed by atoms with Gasteiger partial charge in [0, 0.05) is 17.3 Å². The van der Waals surface area contributed by atoms with Gasteiger partial charge in [-0.25, -0.2) is 9.78 Å². The highest BCUT2D eigenvalue weighted by Crippen LogP contribution is 2.23. The molecule has 34 heavy (non-hydrogen) atoms. The van der Waals surface area contributed by atoms with Crippen molar-refractivity contribution in [3.8, 4) is 0 Å². The zero-order valence-electron chi connectivity index (χ0n) is 19.5. The lowest BCUT2D eigenvalue weighted by atomic mass is 10.0. The number of rotatable bonds is 8. The van der Waals surface area contributed by atoms with Crippen molar-refractivity contribution in [3.05, 3.63) is 73.0 Å². The van der Waals surface area contributed by atoms with Crippen molar-refractivity contribution in [2.45, 2.75) is 52.1 Å². The van der Waals surface area contributed by atoms with Crippen molar-refractivity contribution >= 4 is 34.5 Å². The number of hydrogen-bond acceptors (Lipinski definition) is 6. The standard InChI is InChI=1S/C24H27ClN4O5/c1-5-10-29-21-20(23(32)28-24(29)33)16(11-17(26-21)13(2)3)22(31)27-18(12-19(30)34-4)14-6-8-15(25)9-7-14/h6-9,11,13,18H,5,10,12H2,1-4H3,(H,27,31)(H,28,32,33). The fourth-order valence-electron chi connectivity index (χ4n) is 3.63. The van der Waals surface area contributed by atoms with Crippen LogP contribution in [0.15, 0.2) is 39.9 Å². The van der Waals surface area contributed by atoms with Crippen molar-refractivity contribution in [3.63, 3.8) is 0 Å². The molecule has 3 aromatic rings. The molecule has 180 valence electrons. The summed E-state index contributed by atoms with van der Waals surface area (Å²) >= 11 is 5.98. The molecule has 0 aliphatic rings. The number of pyridine rings is 1. The second-order valence-electron chi connectivity index (χ2n) is 8.22. The Morgan fingerprint density at radius 3 is 2.47 bits per heavy atom. The maximum atomic E-state index is 13.5. The third-order valence-electron chi connectivity index (χ3n) is 5.43. The maximum Gasteiger partial charge on any atom is 0.329 e. The Hall–Kier alpha value is -3.46. The number of benzene rings is 1. The van der Waals surface area contributed by atoms with Crippen molar-refractivity contribution in [2.75, 3.05) is 7.11 Å². The van der Waals surface area contributed by atoms with Gasteiger partial charge in [-0.05, 0) is 36.1 Å². The minimum absolute atomic E-state index is 0.0166. The van der Waals surface area contributed by atoms with E-state index < -0.39 is 29.2 Å². The Morgan fingerprint density at radius 1 is 1.21 bits per heavy atom. The smallest absolute Gasteiger partial charge is 0.329 e. The Labute approximate surface area is 201 Å². The molecule has 0 aliphatic heterocycles. The molecule has 2 heterocycles. The van der Waals surface area contributed by atoms with Crippen LogP contribution >= 0.6 is 11.6 Å². The van der Waals surface area contributed by atoms with Crippen LogP contribution in [0.2, 0.25) is 5.02 Å². The molecule has 0 saturated heterocycles. The third-order valence-corrected chi connectivity index (χ3v) is 5.68. The summed E-state index contributed by atoms with van der Waals surface area (Å²) in [5.41, 5.74) is 0.151. The molecule has 1 aromatic carbocycles. The zero-order valence-corrected chi connectivity index (χ0v) is 20.2. The van der Waals surface area contributed by atoms with Crippen molar-refractivity contribution < 1.29 is 14.3 Å². The van der Waals surface area contributed by atoms with Crippen LogP contribution in [0.3, 0.4) is 0 Å². The highest BCUT2D eigenvalue weighted by molar-refractivity contribution is 6.30. The molecule has 0 bridgehead atoms. The SMILES string of the molecule is CCCn1c(=O)[nH]c(=O)c2c(C(=O)NC(CC(=O)OC)c3ccc(Cl)cc3)cc(C(C)C)nc21. The van der Waals surface area contributed by atoms with E-state index in [0.29, 0.717) is 29.2 Å². The number of aromatic amines is 1. The molecule has 0 spiro atoms. The number of nitrogens with one attached hydrogen (secondary N) is 2. The van der Waals surface area contributed by atoms with E-state index in [1.165, 1.54) is 11.7 Å². The lowest BCUT2D eigenvalue weighted by Crippen LogP contribution is -2.35. The summed E-state index contributed by atoms with van der Waals surface area (Å²) < 4.78 is 6.16. The van der Waals surface area contributed by atoms with E-state index in [1.807, 2.05) is 20.8 Å². The number of carbonyl (C=O) groups is 2. The third kappa shape index (κ3) is 5.36. The quantitative estimate of drug-likeness (QED) is 0.471. The summed E-state index contributed by atoms with van der Waals surface area (Å²) in [5.74, 6) is -1.16. The highest BCUT2D eigenvalue weighted by atomic mass is 35.5. The largest absolute Gasteiger partial charge is 0.469 e. The summed E-state index contributed by atoms with van der Waals surface area (Å²) in [6.45, 7) is 6.03. The fraction of sp³-hybridized carbons (Fsp3) is 0.375. The molecular formula is C24H27ClN4O5. The molecule has 1 unspecified atom stereocenters. The van der Waals surface area contributed by atoms with Crippen molar-refractivity contribution in [1.29, 1.82) is 0 Å². The van der Waals surface area contributed by atoms with Gasteiger partial charge in [-0.15, -0.1) is 0 Å². The molecule has 1 amide bonds. The van der Waals surface area contributed by atoms with Gasteiger partial charge in [0.05, 0.1) is 30.5 Å². The van der Waals surface area contributed by atoms with E-state index in [4.69, 9.17) is 16.3 Å². The van der Waals surface area contributed by atoms with Crippen LogP contribution < -0.4 is 16.6 Å². The van der Waals surface area contributed by atoms with Gasteiger partial charge in [-0.2, -0.15) is 0 Å². The van der Waals surface area contributed by atoms with Crippen LogP contribution in [0, 0.1) is 0 Å². The van der Waals surface area contributed by atoms with Crippen molar-refractivity contribution in [2.24, 2.45) is 0 Å². The summed E-state index contributed by atoms with van der Waals surface area (Å²) in [4.78, 5) is 57.6. The maximum absolute atomic E-state index is 13.5. The second kappa shape index (κ2) is 10.6. The molecule has 0 fully saturated rings. The molecule has 3 rings (SSSR count). The molecule has 10 heteroatoms. The number of H-pyrrole nitrogens is 1. The van der Waals surface area contributed by atoms with E-state index in [0.717, 1.165) is 0 Å². The number of methoxy groups -OCH3 is 1. The first-order chi connectivity index (χ1) is 16.2. The Balaban J connectivity index is 2.17. The van der Waals surface area contributed by atoms with Crippen LogP contribution in [0.25, 0.3) is 11.0 Å². The van der Waals surface area contributed by atoms with Crippen molar-refractivity contribution in [1.82, 2.24) is 19.9 Å². The predicted molar refractivity (Wildman–Crippen MR) is 129 cm³/mol. The molecule has 2 N–H and O–H groups in total. The average molecular weight is 487 g/mol. The first kappa shape index (κ1) is 25.2. The normalized spacial score (nSPS) is 12.1. The van der Waals surface area contributed by atoms with Crippen LogP contribution in [-0.2, 0) is 16.1 Å². The zero-order chi connectivity index (χ0) is 25.0. The van der Waals surface area contributed by atoms with Gasteiger partial charge in [0.15, 0.2) is 5.65 Å². The van der Waals surface area contributed by atoms with Crippen LogP contribution in [-0.4, -0.2) is 33.5 Å². The van der Waals surface area contributed by atoms with Gasteiger partial charge in [0.25, 0.3) is 11.5 Å². The number of ether oxygens (including phenoxy) is 1. The summed E-state index contributed by atoms with van der Waals surface area (Å²) in [7, 11) is 1.26. The Morgan fingerprint density at radius 2 is 1.88 bits per heavy atom. The molecule has 0 aliphatic carbocycles. The van der Waals surface area contributed by atoms with E-state index in [9.17, 15) is 19.2 Å². The minimum atomic E-state index is -0.733. The molecular weight excluding hydrogens is 460 g/mol. The van der Waals surface area contributed by atoms with Crippen LogP contribution in [0.1, 0.15) is 67.2 Å². The summed E-state index contributed by atoms with van der Waals surface area (Å²) in [6.07, 6.45) is 0.509. The number of esters is 1. The van der Waals surface area contributed by atoms with Crippen LogP contribution in [0.5, 0.6) is 0 Å². The molecule has 0 saturated carbocycles.